The summed E-state index contributed by atoms with van der Waals surface area (Å²) in [4.78, 5) is 13.1. The van der Waals surface area contributed by atoms with Gasteiger partial charge < -0.3 is 0 Å². The van der Waals surface area contributed by atoms with Gasteiger partial charge in [0.1, 0.15) is 5.01 Å². The predicted octanol–water partition coefficient (Wildman–Crippen LogP) is 4.19. The van der Waals surface area contributed by atoms with Crippen LogP contribution in [0.1, 0.15) is 0 Å². The van der Waals surface area contributed by atoms with Crippen LogP contribution in [0.4, 0.5) is 0 Å². The van der Waals surface area contributed by atoms with Gasteiger partial charge in [-0.25, -0.2) is 0 Å². The van der Waals surface area contributed by atoms with Crippen molar-refractivity contribution in [3.8, 4) is 21.8 Å². The van der Waals surface area contributed by atoms with Gasteiger partial charge in [-0.05, 0) is 12.1 Å². The van der Waals surface area contributed by atoms with E-state index in [0.29, 0.717) is 25.6 Å². The number of hydrogen-bond acceptors (Lipinski definition) is 5. The monoisotopic (exact) mass is 374 g/mol. The molecule has 0 aliphatic heterocycles. The number of rotatable bonds is 2. The summed E-state index contributed by atoms with van der Waals surface area (Å²) in [5, 5.41) is 14.0. The number of benzene rings is 2. The van der Waals surface area contributed by atoms with Crippen LogP contribution in [-0.4, -0.2) is 19.8 Å². The summed E-state index contributed by atoms with van der Waals surface area (Å²) in [5.74, 6) is 0. The standard InChI is InChI=1S/C16H8Cl2N4OS/c17-11-7-6-10(8-12(11)18)14-21-22-15(23)13(19-20-16(22)24-14)9-4-2-1-3-5-9/h1-8H. The first kappa shape index (κ1) is 15.3. The zero-order valence-electron chi connectivity index (χ0n) is 12.0. The molecule has 2 aromatic carbocycles. The zero-order chi connectivity index (χ0) is 16.7. The molecule has 0 saturated carbocycles. The first-order chi connectivity index (χ1) is 11.6. The third-order valence-electron chi connectivity index (χ3n) is 3.40. The van der Waals surface area contributed by atoms with E-state index in [1.807, 2.05) is 30.3 Å². The highest BCUT2D eigenvalue weighted by atomic mass is 35.5. The zero-order valence-corrected chi connectivity index (χ0v) is 14.3. The topological polar surface area (TPSA) is 60.2 Å². The van der Waals surface area contributed by atoms with Crippen molar-refractivity contribution in [2.75, 3.05) is 0 Å². The van der Waals surface area contributed by atoms with Crippen molar-refractivity contribution in [1.29, 1.82) is 0 Å². The number of fused-ring (bicyclic) bond motifs is 1. The summed E-state index contributed by atoms with van der Waals surface area (Å²) in [6, 6.07) is 14.4. The maximum absolute atomic E-state index is 12.7. The Morgan fingerprint density at radius 3 is 2.46 bits per heavy atom. The summed E-state index contributed by atoms with van der Waals surface area (Å²) < 4.78 is 1.26. The SMILES string of the molecule is O=c1c(-c2ccccc2)nnc2sc(-c3ccc(Cl)c(Cl)c3)nn12. The van der Waals surface area contributed by atoms with E-state index in [-0.39, 0.29) is 11.3 Å². The van der Waals surface area contributed by atoms with E-state index in [1.165, 1.54) is 15.9 Å². The van der Waals surface area contributed by atoms with Crippen LogP contribution in [0.25, 0.3) is 26.8 Å². The third-order valence-corrected chi connectivity index (χ3v) is 5.09. The molecule has 8 heteroatoms. The molecule has 118 valence electrons. The van der Waals surface area contributed by atoms with Gasteiger partial charge in [-0.15, -0.1) is 10.2 Å². The second-order valence-electron chi connectivity index (χ2n) is 4.95. The smallest absolute Gasteiger partial charge is 0.265 e. The van der Waals surface area contributed by atoms with E-state index in [1.54, 1.807) is 18.2 Å². The van der Waals surface area contributed by atoms with Gasteiger partial charge in [-0.3, -0.25) is 4.79 Å². The number of nitrogens with zero attached hydrogens (tertiary/aromatic N) is 4. The average molecular weight is 375 g/mol. The fraction of sp³-hybridized carbons (Fsp3) is 0. The van der Waals surface area contributed by atoms with Crippen LogP contribution in [0.3, 0.4) is 0 Å². The summed E-state index contributed by atoms with van der Waals surface area (Å²) in [6.07, 6.45) is 0. The van der Waals surface area contributed by atoms with Gasteiger partial charge in [-0.2, -0.15) is 9.61 Å². The molecule has 0 atom stereocenters. The second kappa shape index (κ2) is 5.98. The van der Waals surface area contributed by atoms with E-state index in [0.717, 1.165) is 5.56 Å². The van der Waals surface area contributed by atoms with Crippen LogP contribution in [0.5, 0.6) is 0 Å². The lowest BCUT2D eigenvalue weighted by atomic mass is 10.2. The highest BCUT2D eigenvalue weighted by Gasteiger charge is 2.14. The Labute approximate surface area is 150 Å². The molecule has 0 saturated heterocycles. The summed E-state index contributed by atoms with van der Waals surface area (Å²) in [7, 11) is 0. The Balaban J connectivity index is 1.88. The molecule has 24 heavy (non-hydrogen) atoms. The van der Waals surface area contributed by atoms with E-state index in [4.69, 9.17) is 23.2 Å². The lowest BCUT2D eigenvalue weighted by Crippen LogP contribution is -2.19. The Hall–Kier alpha value is -2.28. The number of hydrogen-bond donors (Lipinski definition) is 0. The minimum atomic E-state index is -0.311. The minimum Gasteiger partial charge on any atom is -0.265 e. The fourth-order valence-electron chi connectivity index (χ4n) is 2.24. The number of halogens is 2. The minimum absolute atomic E-state index is 0.263. The van der Waals surface area contributed by atoms with Crippen molar-refractivity contribution >= 4 is 39.5 Å². The van der Waals surface area contributed by atoms with Crippen LogP contribution in [-0.2, 0) is 0 Å². The molecule has 0 amide bonds. The van der Waals surface area contributed by atoms with E-state index >= 15 is 0 Å². The van der Waals surface area contributed by atoms with Gasteiger partial charge in [0.25, 0.3) is 0 Å². The van der Waals surface area contributed by atoms with Crippen LogP contribution in [0.15, 0.2) is 53.3 Å². The lowest BCUT2D eigenvalue weighted by molar-refractivity contribution is 0.862. The van der Waals surface area contributed by atoms with E-state index < -0.39 is 0 Å². The fourth-order valence-corrected chi connectivity index (χ4v) is 3.37. The maximum Gasteiger partial charge on any atom is 0.302 e. The largest absolute Gasteiger partial charge is 0.302 e. The molecular weight excluding hydrogens is 367 g/mol. The van der Waals surface area contributed by atoms with Crippen molar-refractivity contribution in [2.24, 2.45) is 0 Å². The van der Waals surface area contributed by atoms with Crippen molar-refractivity contribution in [2.45, 2.75) is 0 Å². The normalized spacial score (nSPS) is 11.1. The van der Waals surface area contributed by atoms with Crippen LogP contribution in [0.2, 0.25) is 10.0 Å². The second-order valence-corrected chi connectivity index (χ2v) is 6.72. The average Bonchev–Trinajstić information content (AvgIpc) is 3.04. The Morgan fingerprint density at radius 1 is 0.917 bits per heavy atom. The maximum atomic E-state index is 12.7. The summed E-state index contributed by atoms with van der Waals surface area (Å²) in [5.41, 5.74) is 1.42. The van der Waals surface area contributed by atoms with Crippen molar-refractivity contribution in [3.05, 3.63) is 68.9 Å². The molecule has 0 bridgehead atoms. The molecule has 0 fully saturated rings. The predicted molar refractivity (Wildman–Crippen MR) is 95.8 cm³/mol. The number of aromatic nitrogens is 4. The third kappa shape index (κ3) is 2.58. The molecular formula is C16H8Cl2N4OS. The van der Waals surface area contributed by atoms with Gasteiger partial charge >= 0.3 is 5.56 Å². The molecule has 5 nitrogen and oxygen atoms in total. The first-order valence-corrected chi connectivity index (χ1v) is 8.48. The molecule has 0 aliphatic rings. The molecule has 4 rings (SSSR count). The Bertz CT molecular complexity index is 1110. The Morgan fingerprint density at radius 2 is 1.71 bits per heavy atom. The molecule has 0 radical (unpaired) electrons. The molecule has 4 aromatic rings. The van der Waals surface area contributed by atoms with Crippen LogP contribution in [0, 0.1) is 0 Å². The Kier molecular flexibility index (Phi) is 3.80. The first-order valence-electron chi connectivity index (χ1n) is 6.91. The quantitative estimate of drug-likeness (QED) is 0.527. The molecule has 0 spiro atoms. The summed E-state index contributed by atoms with van der Waals surface area (Å²) in [6.45, 7) is 0. The van der Waals surface area contributed by atoms with Crippen molar-refractivity contribution in [3.63, 3.8) is 0 Å². The van der Waals surface area contributed by atoms with Gasteiger partial charge in [0.15, 0.2) is 5.69 Å². The highest BCUT2D eigenvalue weighted by molar-refractivity contribution is 7.19. The molecule has 0 aliphatic carbocycles. The lowest BCUT2D eigenvalue weighted by Gasteiger charge is -1.98. The van der Waals surface area contributed by atoms with Crippen LogP contribution < -0.4 is 5.56 Å². The van der Waals surface area contributed by atoms with Gasteiger partial charge in [0.05, 0.1) is 10.0 Å². The van der Waals surface area contributed by atoms with Crippen molar-refractivity contribution in [1.82, 2.24) is 19.8 Å². The van der Waals surface area contributed by atoms with E-state index in [2.05, 4.69) is 15.3 Å². The van der Waals surface area contributed by atoms with E-state index in [9.17, 15) is 4.79 Å². The van der Waals surface area contributed by atoms with Gasteiger partial charge in [0.2, 0.25) is 4.96 Å². The highest BCUT2D eigenvalue weighted by Crippen LogP contribution is 2.30. The van der Waals surface area contributed by atoms with Gasteiger partial charge in [0, 0.05) is 11.1 Å². The molecule has 0 unspecified atom stereocenters. The summed E-state index contributed by atoms with van der Waals surface area (Å²) >= 11 is 13.2. The van der Waals surface area contributed by atoms with Gasteiger partial charge in [-0.1, -0.05) is 70.9 Å². The van der Waals surface area contributed by atoms with Crippen molar-refractivity contribution < 1.29 is 0 Å². The van der Waals surface area contributed by atoms with Crippen LogP contribution >= 0.6 is 34.5 Å². The molecule has 2 heterocycles. The molecule has 0 N–H and O–H groups in total. The molecule has 2 aromatic heterocycles.